The molecule has 1 saturated heterocycles. The fourth-order valence-corrected chi connectivity index (χ4v) is 2.54. The Morgan fingerprint density at radius 1 is 1.37 bits per heavy atom. The quantitative estimate of drug-likeness (QED) is 0.903. The van der Waals surface area contributed by atoms with Gasteiger partial charge in [-0.1, -0.05) is 43.7 Å². The number of carbonyl (C=O) groups excluding carboxylic acids is 1. The second-order valence-corrected chi connectivity index (χ2v) is 5.21. The molecule has 0 radical (unpaired) electrons. The van der Waals surface area contributed by atoms with E-state index in [0.717, 1.165) is 38.9 Å². The van der Waals surface area contributed by atoms with E-state index in [0.29, 0.717) is 12.3 Å². The van der Waals surface area contributed by atoms with Gasteiger partial charge in [0.1, 0.15) is 0 Å². The van der Waals surface area contributed by atoms with Crippen molar-refractivity contribution in [3.05, 3.63) is 35.9 Å². The van der Waals surface area contributed by atoms with Crippen LogP contribution in [0.15, 0.2) is 30.3 Å². The van der Waals surface area contributed by atoms with Gasteiger partial charge >= 0.3 is 0 Å². The minimum absolute atomic E-state index is 0.272. The number of amides is 1. The smallest absolute Gasteiger partial charge is 0.222 e. The van der Waals surface area contributed by atoms with Crippen molar-refractivity contribution in [3.63, 3.8) is 0 Å². The zero-order valence-electron chi connectivity index (χ0n) is 11.8. The van der Waals surface area contributed by atoms with Crippen molar-refractivity contribution in [2.24, 2.45) is 0 Å². The molecule has 1 atom stereocenters. The van der Waals surface area contributed by atoms with Crippen LogP contribution in [0.4, 0.5) is 0 Å². The Balaban J connectivity index is 2.00. The number of nitrogens with one attached hydrogen (secondary N) is 1. The van der Waals surface area contributed by atoms with E-state index >= 15 is 0 Å². The summed E-state index contributed by atoms with van der Waals surface area (Å²) in [5.74, 6) is 0.312. The number of nitrogens with zero attached hydrogens (tertiary/aromatic N) is 1. The third kappa shape index (κ3) is 4.06. The lowest BCUT2D eigenvalue weighted by Crippen LogP contribution is -2.35. The second kappa shape index (κ2) is 7.29. The van der Waals surface area contributed by atoms with E-state index in [4.69, 9.17) is 0 Å². The van der Waals surface area contributed by atoms with Gasteiger partial charge < -0.3 is 10.2 Å². The molecule has 1 aromatic rings. The number of rotatable bonds is 4. The van der Waals surface area contributed by atoms with Crippen LogP contribution in [-0.4, -0.2) is 30.4 Å². The Hall–Kier alpha value is -1.35. The molecule has 2 rings (SSSR count). The molecule has 3 nitrogen and oxygen atoms in total. The summed E-state index contributed by atoms with van der Waals surface area (Å²) in [6.07, 6.45) is 3.82. The van der Waals surface area contributed by atoms with Crippen LogP contribution in [-0.2, 0) is 4.79 Å². The maximum atomic E-state index is 12.2. The highest BCUT2D eigenvalue weighted by atomic mass is 16.2. The third-order valence-corrected chi connectivity index (χ3v) is 3.70. The van der Waals surface area contributed by atoms with Gasteiger partial charge in [0.15, 0.2) is 0 Å². The Bertz CT molecular complexity index is 391. The molecule has 1 aliphatic rings. The predicted molar refractivity (Wildman–Crippen MR) is 77.9 cm³/mol. The van der Waals surface area contributed by atoms with Gasteiger partial charge in [-0.05, 0) is 24.9 Å². The monoisotopic (exact) mass is 260 g/mol. The van der Waals surface area contributed by atoms with Gasteiger partial charge in [0.25, 0.3) is 0 Å². The molecule has 1 amide bonds. The number of benzene rings is 1. The highest BCUT2D eigenvalue weighted by molar-refractivity contribution is 5.76. The molecular formula is C16H24N2O. The van der Waals surface area contributed by atoms with Gasteiger partial charge in [0.05, 0.1) is 0 Å². The van der Waals surface area contributed by atoms with Gasteiger partial charge in [-0.3, -0.25) is 4.79 Å². The molecule has 3 heteroatoms. The van der Waals surface area contributed by atoms with Crippen LogP contribution in [0.25, 0.3) is 0 Å². The molecule has 1 unspecified atom stereocenters. The first-order valence-corrected chi connectivity index (χ1v) is 7.37. The van der Waals surface area contributed by atoms with Gasteiger partial charge in [0, 0.05) is 25.6 Å². The van der Waals surface area contributed by atoms with Crippen molar-refractivity contribution in [2.75, 3.05) is 19.6 Å². The molecule has 1 heterocycles. The Morgan fingerprint density at radius 2 is 2.16 bits per heavy atom. The molecule has 1 N–H and O–H groups in total. The highest BCUT2D eigenvalue weighted by Gasteiger charge is 2.21. The Morgan fingerprint density at radius 3 is 2.89 bits per heavy atom. The summed E-state index contributed by atoms with van der Waals surface area (Å²) in [6, 6.07) is 10.7. The molecule has 19 heavy (non-hydrogen) atoms. The Labute approximate surface area is 116 Å². The molecule has 0 spiro atoms. The van der Waals surface area contributed by atoms with E-state index in [1.165, 1.54) is 5.56 Å². The van der Waals surface area contributed by atoms with E-state index in [1.807, 2.05) is 11.0 Å². The van der Waals surface area contributed by atoms with Gasteiger partial charge in [-0.25, -0.2) is 0 Å². The zero-order valence-corrected chi connectivity index (χ0v) is 11.8. The topological polar surface area (TPSA) is 32.3 Å². The summed E-state index contributed by atoms with van der Waals surface area (Å²) in [7, 11) is 0. The summed E-state index contributed by atoms with van der Waals surface area (Å²) in [5, 5.41) is 3.54. The maximum absolute atomic E-state index is 12.2. The van der Waals surface area contributed by atoms with Crippen molar-refractivity contribution >= 4 is 5.91 Å². The van der Waals surface area contributed by atoms with E-state index < -0.39 is 0 Å². The molecule has 0 aliphatic carbocycles. The average molecular weight is 260 g/mol. The van der Waals surface area contributed by atoms with Gasteiger partial charge in [-0.15, -0.1) is 0 Å². The van der Waals surface area contributed by atoms with Crippen molar-refractivity contribution < 1.29 is 4.79 Å². The van der Waals surface area contributed by atoms with E-state index in [9.17, 15) is 4.79 Å². The molecule has 1 fully saturated rings. The van der Waals surface area contributed by atoms with Gasteiger partial charge in [-0.2, -0.15) is 0 Å². The van der Waals surface area contributed by atoms with Gasteiger partial charge in [0.2, 0.25) is 5.91 Å². The van der Waals surface area contributed by atoms with Crippen molar-refractivity contribution in [2.45, 2.75) is 38.6 Å². The minimum Gasteiger partial charge on any atom is -0.341 e. The predicted octanol–water partition coefficient (Wildman–Crippen LogP) is 2.74. The summed E-state index contributed by atoms with van der Waals surface area (Å²) in [6.45, 7) is 4.80. The highest BCUT2D eigenvalue weighted by Crippen LogP contribution is 2.17. The summed E-state index contributed by atoms with van der Waals surface area (Å²) in [4.78, 5) is 14.2. The molecule has 104 valence electrons. The lowest BCUT2D eigenvalue weighted by molar-refractivity contribution is -0.131. The lowest BCUT2D eigenvalue weighted by Gasteiger charge is -2.25. The van der Waals surface area contributed by atoms with Crippen LogP contribution < -0.4 is 5.32 Å². The molecule has 0 bridgehead atoms. The molecular weight excluding hydrogens is 236 g/mol. The largest absolute Gasteiger partial charge is 0.341 e. The molecule has 1 aliphatic heterocycles. The fourth-order valence-electron chi connectivity index (χ4n) is 2.54. The van der Waals surface area contributed by atoms with Crippen LogP contribution in [0.3, 0.4) is 0 Å². The molecule has 1 aromatic carbocycles. The average Bonchev–Trinajstić information content (AvgIpc) is 2.71. The van der Waals surface area contributed by atoms with Crippen LogP contribution >= 0.6 is 0 Å². The first kappa shape index (κ1) is 14.1. The number of hydrogen-bond acceptors (Lipinski definition) is 2. The maximum Gasteiger partial charge on any atom is 0.222 e. The van der Waals surface area contributed by atoms with Crippen LogP contribution in [0.2, 0.25) is 0 Å². The number of hydrogen-bond donors (Lipinski definition) is 1. The van der Waals surface area contributed by atoms with E-state index in [2.05, 4.69) is 36.5 Å². The summed E-state index contributed by atoms with van der Waals surface area (Å²) in [5.41, 5.74) is 1.28. The van der Waals surface area contributed by atoms with Crippen molar-refractivity contribution in [3.8, 4) is 0 Å². The van der Waals surface area contributed by atoms with Crippen molar-refractivity contribution in [1.29, 1.82) is 0 Å². The zero-order chi connectivity index (χ0) is 13.5. The standard InChI is InChI=1S/C16H24N2O/c1-2-3-10-16(19)18-12-7-11-17-15(13-18)14-8-5-4-6-9-14/h4-6,8-9,15,17H,2-3,7,10-13H2,1H3. The molecule has 0 aromatic heterocycles. The third-order valence-electron chi connectivity index (χ3n) is 3.70. The van der Waals surface area contributed by atoms with E-state index in [1.54, 1.807) is 0 Å². The lowest BCUT2D eigenvalue weighted by atomic mass is 10.1. The minimum atomic E-state index is 0.272. The normalized spacial score (nSPS) is 20.1. The second-order valence-electron chi connectivity index (χ2n) is 5.21. The number of carbonyl (C=O) groups is 1. The first-order chi connectivity index (χ1) is 9.31. The van der Waals surface area contributed by atoms with Crippen LogP contribution in [0, 0.1) is 0 Å². The van der Waals surface area contributed by atoms with Crippen LogP contribution in [0.1, 0.15) is 44.2 Å². The molecule has 0 saturated carbocycles. The SMILES string of the molecule is CCCCC(=O)N1CCCNC(c2ccccc2)C1. The number of unbranched alkanes of at least 4 members (excludes halogenated alkanes) is 1. The van der Waals surface area contributed by atoms with Crippen molar-refractivity contribution in [1.82, 2.24) is 10.2 Å². The summed E-state index contributed by atoms with van der Waals surface area (Å²) < 4.78 is 0. The summed E-state index contributed by atoms with van der Waals surface area (Å²) >= 11 is 0. The van der Waals surface area contributed by atoms with Crippen LogP contribution in [0.5, 0.6) is 0 Å². The van der Waals surface area contributed by atoms with E-state index in [-0.39, 0.29) is 6.04 Å². The first-order valence-electron chi connectivity index (χ1n) is 7.37. The fraction of sp³-hybridized carbons (Fsp3) is 0.562. The Kier molecular flexibility index (Phi) is 5.40.